The molecule has 4 unspecified atom stereocenters. The first-order chi connectivity index (χ1) is 9.22. The zero-order chi connectivity index (χ0) is 14.1. The number of rotatable bonds is 12. The van der Waals surface area contributed by atoms with Crippen LogP contribution in [0.4, 0.5) is 0 Å². The fourth-order valence-corrected chi connectivity index (χ4v) is 2.18. The number of ether oxygens (including phenoxy) is 1. The Kier molecular flexibility index (Phi) is 8.16. The van der Waals surface area contributed by atoms with E-state index in [1.165, 1.54) is 0 Å². The molecule has 0 aromatic heterocycles. The Morgan fingerprint density at radius 1 is 1.11 bits per heavy atom. The van der Waals surface area contributed by atoms with E-state index in [1.807, 2.05) is 0 Å². The summed E-state index contributed by atoms with van der Waals surface area (Å²) >= 11 is 0. The molecule has 7 N–H and O–H groups in total. The van der Waals surface area contributed by atoms with E-state index in [0.717, 1.165) is 44.8 Å². The van der Waals surface area contributed by atoms with Crippen LogP contribution in [-0.2, 0) is 9.53 Å². The standard InChI is InChI=1S/C13H28N4O2/c14-7-3-1-5-10(9-18)17-13-12(19-13)11(16)6-2-4-8-15/h9-13,17H,1-8,14-16H2. The molecule has 19 heavy (non-hydrogen) atoms. The first-order valence-electron chi connectivity index (χ1n) is 7.25. The van der Waals surface area contributed by atoms with Crippen LogP contribution in [0.15, 0.2) is 0 Å². The van der Waals surface area contributed by atoms with Gasteiger partial charge in [0.2, 0.25) is 0 Å². The Bertz CT molecular complexity index is 253. The van der Waals surface area contributed by atoms with Crippen LogP contribution in [0, 0.1) is 0 Å². The third-order valence-corrected chi connectivity index (χ3v) is 3.45. The number of aldehydes is 1. The van der Waals surface area contributed by atoms with E-state index in [0.29, 0.717) is 13.1 Å². The smallest absolute Gasteiger partial charge is 0.137 e. The molecule has 0 aromatic carbocycles. The highest BCUT2D eigenvalue weighted by Gasteiger charge is 2.43. The van der Waals surface area contributed by atoms with Crippen LogP contribution >= 0.6 is 0 Å². The van der Waals surface area contributed by atoms with E-state index >= 15 is 0 Å². The number of carbonyl (C=O) groups is 1. The summed E-state index contributed by atoms with van der Waals surface area (Å²) in [5.41, 5.74) is 16.9. The largest absolute Gasteiger partial charge is 0.352 e. The first kappa shape index (κ1) is 16.5. The Morgan fingerprint density at radius 3 is 2.32 bits per heavy atom. The van der Waals surface area contributed by atoms with Gasteiger partial charge >= 0.3 is 0 Å². The van der Waals surface area contributed by atoms with Crippen LogP contribution in [0.25, 0.3) is 0 Å². The summed E-state index contributed by atoms with van der Waals surface area (Å²) < 4.78 is 5.50. The molecule has 4 atom stereocenters. The Balaban J connectivity index is 2.15. The monoisotopic (exact) mass is 272 g/mol. The molecule has 1 fully saturated rings. The lowest BCUT2D eigenvalue weighted by atomic mass is 10.1. The second-order valence-electron chi connectivity index (χ2n) is 5.16. The van der Waals surface area contributed by atoms with E-state index in [4.69, 9.17) is 21.9 Å². The SMILES string of the molecule is NCCCCC(C=O)NC1OC1C(N)CCCCN. The van der Waals surface area contributed by atoms with Gasteiger partial charge in [-0.3, -0.25) is 5.32 Å². The molecule has 0 spiro atoms. The zero-order valence-electron chi connectivity index (χ0n) is 11.6. The molecular weight excluding hydrogens is 244 g/mol. The maximum atomic E-state index is 11.0. The molecule has 1 heterocycles. The fraction of sp³-hybridized carbons (Fsp3) is 0.923. The highest BCUT2D eigenvalue weighted by molar-refractivity contribution is 5.57. The molecule has 0 amide bonds. The third kappa shape index (κ3) is 6.44. The average Bonchev–Trinajstić information content (AvgIpc) is 3.17. The van der Waals surface area contributed by atoms with E-state index < -0.39 is 0 Å². The van der Waals surface area contributed by atoms with Crippen LogP contribution in [0.2, 0.25) is 0 Å². The highest BCUT2D eigenvalue weighted by Crippen LogP contribution is 2.25. The summed E-state index contributed by atoms with van der Waals surface area (Å²) in [6.45, 7) is 1.37. The quantitative estimate of drug-likeness (QED) is 0.215. The first-order valence-corrected chi connectivity index (χ1v) is 7.25. The summed E-state index contributed by atoms with van der Waals surface area (Å²) in [7, 11) is 0. The van der Waals surface area contributed by atoms with Gasteiger partial charge in [-0.25, -0.2) is 0 Å². The second-order valence-corrected chi connectivity index (χ2v) is 5.16. The molecule has 0 saturated carbocycles. The van der Waals surface area contributed by atoms with Gasteiger partial charge in [-0.15, -0.1) is 0 Å². The van der Waals surface area contributed by atoms with Crippen molar-refractivity contribution < 1.29 is 9.53 Å². The van der Waals surface area contributed by atoms with Crippen molar-refractivity contribution in [2.24, 2.45) is 17.2 Å². The van der Waals surface area contributed by atoms with Gasteiger partial charge in [-0.1, -0.05) is 12.8 Å². The topological polar surface area (TPSA) is 120 Å². The number of epoxide rings is 1. The highest BCUT2D eigenvalue weighted by atomic mass is 16.6. The van der Waals surface area contributed by atoms with Gasteiger partial charge in [0, 0.05) is 6.04 Å². The maximum Gasteiger partial charge on any atom is 0.137 e. The van der Waals surface area contributed by atoms with Gasteiger partial charge in [0.1, 0.15) is 18.6 Å². The maximum absolute atomic E-state index is 11.0. The number of hydrogen-bond donors (Lipinski definition) is 4. The molecule has 112 valence electrons. The fourth-order valence-electron chi connectivity index (χ4n) is 2.18. The van der Waals surface area contributed by atoms with Crippen molar-refractivity contribution in [1.82, 2.24) is 5.32 Å². The van der Waals surface area contributed by atoms with Crippen molar-refractivity contribution in [1.29, 1.82) is 0 Å². The van der Waals surface area contributed by atoms with Crippen molar-refractivity contribution in [3.8, 4) is 0 Å². The number of nitrogens with one attached hydrogen (secondary N) is 1. The minimum absolute atomic E-state index is 0.0281. The second kappa shape index (κ2) is 9.39. The summed E-state index contributed by atoms with van der Waals surface area (Å²) in [6, 6.07) is -0.127. The normalized spacial score (nSPS) is 25.0. The summed E-state index contributed by atoms with van der Waals surface area (Å²) in [5.74, 6) is 0. The molecule has 0 aromatic rings. The van der Waals surface area contributed by atoms with Gasteiger partial charge in [0.25, 0.3) is 0 Å². The van der Waals surface area contributed by atoms with E-state index in [9.17, 15) is 4.79 Å². The molecular formula is C13H28N4O2. The van der Waals surface area contributed by atoms with Crippen molar-refractivity contribution in [2.75, 3.05) is 13.1 Å². The van der Waals surface area contributed by atoms with Gasteiger partial charge in [0.15, 0.2) is 0 Å². The predicted molar refractivity (Wildman–Crippen MR) is 75.4 cm³/mol. The predicted octanol–water partition coefficient (Wildman–Crippen LogP) is -0.546. The lowest BCUT2D eigenvalue weighted by molar-refractivity contribution is -0.109. The number of carbonyl (C=O) groups excluding carboxylic acids is 1. The molecule has 1 saturated heterocycles. The van der Waals surface area contributed by atoms with Gasteiger partial charge < -0.3 is 26.7 Å². The molecule has 0 radical (unpaired) electrons. The van der Waals surface area contributed by atoms with E-state index in [1.54, 1.807) is 0 Å². The minimum atomic E-state index is -0.155. The number of unbranched alkanes of at least 4 members (excludes halogenated alkanes) is 2. The van der Waals surface area contributed by atoms with Crippen LogP contribution < -0.4 is 22.5 Å². The Hall–Kier alpha value is -0.530. The Morgan fingerprint density at radius 2 is 1.74 bits per heavy atom. The van der Waals surface area contributed by atoms with Crippen molar-refractivity contribution >= 4 is 6.29 Å². The third-order valence-electron chi connectivity index (χ3n) is 3.45. The van der Waals surface area contributed by atoms with Crippen LogP contribution in [0.1, 0.15) is 38.5 Å². The van der Waals surface area contributed by atoms with E-state index in [2.05, 4.69) is 5.32 Å². The molecule has 6 heteroatoms. The summed E-state index contributed by atoms with van der Waals surface area (Å²) in [5, 5.41) is 3.19. The lowest BCUT2D eigenvalue weighted by Crippen LogP contribution is -2.38. The minimum Gasteiger partial charge on any atom is -0.352 e. The van der Waals surface area contributed by atoms with Gasteiger partial charge in [0.05, 0.1) is 6.04 Å². The van der Waals surface area contributed by atoms with Crippen molar-refractivity contribution in [3.63, 3.8) is 0 Å². The molecule has 1 rings (SSSR count). The molecule has 1 aliphatic rings. The van der Waals surface area contributed by atoms with Gasteiger partial charge in [-0.2, -0.15) is 0 Å². The molecule has 0 aliphatic carbocycles. The summed E-state index contributed by atoms with van der Waals surface area (Å²) in [6.07, 6.45) is 6.54. The Labute approximate surface area is 115 Å². The molecule has 6 nitrogen and oxygen atoms in total. The van der Waals surface area contributed by atoms with Crippen LogP contribution in [0.3, 0.4) is 0 Å². The van der Waals surface area contributed by atoms with E-state index in [-0.39, 0.29) is 24.4 Å². The summed E-state index contributed by atoms with van der Waals surface area (Å²) in [4.78, 5) is 11.0. The van der Waals surface area contributed by atoms with Crippen LogP contribution in [0.5, 0.6) is 0 Å². The number of hydrogen-bond acceptors (Lipinski definition) is 6. The average molecular weight is 272 g/mol. The van der Waals surface area contributed by atoms with Crippen molar-refractivity contribution in [3.05, 3.63) is 0 Å². The lowest BCUT2D eigenvalue weighted by Gasteiger charge is -2.11. The van der Waals surface area contributed by atoms with Crippen LogP contribution in [-0.4, -0.2) is 43.8 Å². The number of nitrogens with two attached hydrogens (primary N) is 3. The van der Waals surface area contributed by atoms with Crippen molar-refractivity contribution in [2.45, 2.75) is 62.9 Å². The molecule has 1 aliphatic heterocycles. The molecule has 0 bridgehead atoms. The van der Waals surface area contributed by atoms with Gasteiger partial charge in [-0.05, 0) is 38.8 Å². The zero-order valence-corrected chi connectivity index (χ0v) is 11.6.